The Balaban J connectivity index is 1.42. The van der Waals surface area contributed by atoms with Crippen molar-refractivity contribution in [2.45, 2.75) is 25.8 Å². The summed E-state index contributed by atoms with van der Waals surface area (Å²) in [6, 6.07) is 5.28. The molecule has 2 aromatic rings. The van der Waals surface area contributed by atoms with E-state index in [1.54, 1.807) is 24.4 Å². The van der Waals surface area contributed by atoms with Crippen LogP contribution in [0, 0.1) is 5.92 Å². The minimum Gasteiger partial charge on any atom is -0.381 e. The smallest absolute Gasteiger partial charge is 0.350 e. The molecule has 0 unspecified atom stereocenters. The zero-order valence-corrected chi connectivity index (χ0v) is 12.4. The van der Waals surface area contributed by atoms with Gasteiger partial charge in [-0.25, -0.2) is 9.48 Å². The SMILES string of the molecule is O=C(Cn1nc2ccccn2c1=O)NCCCOCC1CC1. The minimum atomic E-state index is -0.307. The first-order chi connectivity index (χ1) is 10.7. The van der Waals surface area contributed by atoms with Crippen molar-refractivity contribution in [1.82, 2.24) is 19.5 Å². The summed E-state index contributed by atoms with van der Waals surface area (Å²) >= 11 is 0. The van der Waals surface area contributed by atoms with Crippen LogP contribution in [0.15, 0.2) is 29.2 Å². The Hall–Kier alpha value is -2.15. The lowest BCUT2D eigenvalue weighted by Gasteiger charge is -2.05. The minimum absolute atomic E-state index is 0.0660. The Kier molecular flexibility index (Phi) is 4.53. The van der Waals surface area contributed by atoms with Gasteiger partial charge in [-0.1, -0.05) is 6.07 Å². The van der Waals surface area contributed by atoms with Crippen LogP contribution in [0.1, 0.15) is 19.3 Å². The molecule has 2 heterocycles. The van der Waals surface area contributed by atoms with Crippen LogP contribution in [-0.4, -0.2) is 39.8 Å². The molecule has 1 fully saturated rings. The molecule has 118 valence electrons. The molecular formula is C15H20N4O3. The van der Waals surface area contributed by atoms with Crippen LogP contribution in [0.3, 0.4) is 0 Å². The van der Waals surface area contributed by atoms with E-state index in [4.69, 9.17) is 4.74 Å². The molecule has 1 saturated carbocycles. The number of pyridine rings is 1. The lowest BCUT2D eigenvalue weighted by Crippen LogP contribution is -2.33. The van der Waals surface area contributed by atoms with Gasteiger partial charge in [-0.05, 0) is 37.3 Å². The van der Waals surface area contributed by atoms with E-state index in [-0.39, 0.29) is 18.1 Å². The molecule has 1 amide bonds. The molecular weight excluding hydrogens is 284 g/mol. The summed E-state index contributed by atoms with van der Waals surface area (Å²) in [7, 11) is 0. The molecule has 7 heteroatoms. The fraction of sp³-hybridized carbons (Fsp3) is 0.533. The van der Waals surface area contributed by atoms with E-state index < -0.39 is 0 Å². The van der Waals surface area contributed by atoms with Gasteiger partial charge >= 0.3 is 5.69 Å². The van der Waals surface area contributed by atoms with Crippen molar-refractivity contribution < 1.29 is 9.53 Å². The first kappa shape index (κ1) is 14.8. The van der Waals surface area contributed by atoms with Gasteiger partial charge in [0.2, 0.25) is 5.91 Å². The highest BCUT2D eigenvalue weighted by atomic mass is 16.5. The van der Waals surface area contributed by atoms with E-state index >= 15 is 0 Å². The van der Waals surface area contributed by atoms with Gasteiger partial charge in [0.1, 0.15) is 6.54 Å². The number of amides is 1. The molecule has 3 rings (SSSR count). The molecule has 0 aromatic carbocycles. The van der Waals surface area contributed by atoms with Crippen LogP contribution in [0.25, 0.3) is 5.65 Å². The van der Waals surface area contributed by atoms with Gasteiger partial charge in [-0.15, -0.1) is 5.10 Å². The van der Waals surface area contributed by atoms with Gasteiger partial charge in [0, 0.05) is 26.0 Å². The van der Waals surface area contributed by atoms with Gasteiger partial charge in [0.15, 0.2) is 5.65 Å². The van der Waals surface area contributed by atoms with Gasteiger partial charge in [0.05, 0.1) is 0 Å². The van der Waals surface area contributed by atoms with Gasteiger partial charge in [-0.2, -0.15) is 0 Å². The van der Waals surface area contributed by atoms with Gasteiger partial charge in [-0.3, -0.25) is 9.20 Å². The van der Waals surface area contributed by atoms with Crippen LogP contribution in [0.4, 0.5) is 0 Å². The van der Waals surface area contributed by atoms with E-state index in [9.17, 15) is 9.59 Å². The number of carbonyl (C=O) groups excluding carboxylic acids is 1. The summed E-state index contributed by atoms with van der Waals surface area (Å²) in [4.78, 5) is 23.8. The van der Waals surface area contributed by atoms with E-state index in [0.717, 1.165) is 18.9 Å². The predicted molar refractivity (Wildman–Crippen MR) is 80.6 cm³/mol. The van der Waals surface area contributed by atoms with Crippen LogP contribution in [-0.2, 0) is 16.1 Å². The topological polar surface area (TPSA) is 77.6 Å². The zero-order valence-electron chi connectivity index (χ0n) is 12.4. The normalized spacial score (nSPS) is 14.4. The highest BCUT2D eigenvalue weighted by molar-refractivity contribution is 5.75. The van der Waals surface area contributed by atoms with Crippen molar-refractivity contribution in [3.05, 3.63) is 34.9 Å². The number of hydrogen-bond donors (Lipinski definition) is 1. The summed E-state index contributed by atoms with van der Waals surface area (Å²) in [6.07, 6.45) is 4.98. The molecule has 0 atom stereocenters. The van der Waals surface area contributed by atoms with Crippen molar-refractivity contribution in [1.29, 1.82) is 0 Å². The number of hydrogen-bond acceptors (Lipinski definition) is 4. The maximum atomic E-state index is 12.0. The Bertz CT molecular complexity index is 702. The number of aromatic nitrogens is 3. The number of carbonyl (C=O) groups is 1. The molecule has 2 aromatic heterocycles. The highest BCUT2D eigenvalue weighted by Gasteiger charge is 2.20. The van der Waals surface area contributed by atoms with Crippen LogP contribution >= 0.6 is 0 Å². The lowest BCUT2D eigenvalue weighted by molar-refractivity contribution is -0.121. The quantitative estimate of drug-likeness (QED) is 0.717. The molecule has 1 N–H and O–H groups in total. The number of fused-ring (bicyclic) bond motifs is 1. The van der Waals surface area contributed by atoms with E-state index in [2.05, 4.69) is 10.4 Å². The van der Waals surface area contributed by atoms with Gasteiger partial charge in [0.25, 0.3) is 0 Å². The average molecular weight is 304 g/mol. The summed E-state index contributed by atoms with van der Waals surface area (Å²) in [5.41, 5.74) is 0.229. The van der Waals surface area contributed by atoms with Crippen LogP contribution < -0.4 is 11.0 Å². The fourth-order valence-electron chi connectivity index (χ4n) is 2.20. The zero-order chi connectivity index (χ0) is 15.4. The lowest BCUT2D eigenvalue weighted by atomic mass is 10.4. The Morgan fingerprint density at radius 3 is 3.05 bits per heavy atom. The Labute approximate surface area is 127 Å². The summed E-state index contributed by atoms with van der Waals surface area (Å²) < 4.78 is 8.09. The number of nitrogens with zero attached hydrogens (tertiary/aromatic N) is 3. The summed E-state index contributed by atoms with van der Waals surface area (Å²) in [5, 5.41) is 6.90. The molecule has 1 aliphatic rings. The number of ether oxygens (including phenoxy) is 1. The third-order valence-electron chi connectivity index (χ3n) is 3.62. The largest absolute Gasteiger partial charge is 0.381 e. The van der Waals surface area contributed by atoms with E-state index in [0.29, 0.717) is 18.8 Å². The molecule has 1 aliphatic carbocycles. The second-order valence-corrected chi connectivity index (χ2v) is 5.59. The average Bonchev–Trinajstić information content (AvgIpc) is 3.29. The van der Waals surface area contributed by atoms with Crippen molar-refractivity contribution in [2.24, 2.45) is 5.92 Å². The second kappa shape index (κ2) is 6.74. The van der Waals surface area contributed by atoms with Crippen LogP contribution in [0.2, 0.25) is 0 Å². The van der Waals surface area contributed by atoms with E-state index in [1.165, 1.54) is 21.9 Å². The maximum absolute atomic E-state index is 12.0. The molecule has 0 spiro atoms. The molecule has 0 radical (unpaired) electrons. The molecule has 7 nitrogen and oxygen atoms in total. The Morgan fingerprint density at radius 1 is 1.41 bits per heavy atom. The van der Waals surface area contributed by atoms with Crippen molar-refractivity contribution in [3.8, 4) is 0 Å². The number of rotatable bonds is 8. The summed E-state index contributed by atoms with van der Waals surface area (Å²) in [6.45, 7) is 1.98. The van der Waals surface area contributed by atoms with Crippen molar-refractivity contribution in [3.63, 3.8) is 0 Å². The van der Waals surface area contributed by atoms with Crippen molar-refractivity contribution in [2.75, 3.05) is 19.8 Å². The maximum Gasteiger partial charge on any atom is 0.350 e. The fourth-order valence-corrected chi connectivity index (χ4v) is 2.20. The van der Waals surface area contributed by atoms with Gasteiger partial charge < -0.3 is 10.1 Å². The summed E-state index contributed by atoms with van der Waals surface area (Å²) in [5.74, 6) is 0.546. The first-order valence-corrected chi connectivity index (χ1v) is 7.62. The monoisotopic (exact) mass is 304 g/mol. The van der Waals surface area contributed by atoms with Crippen molar-refractivity contribution >= 4 is 11.6 Å². The third-order valence-corrected chi connectivity index (χ3v) is 3.62. The van der Waals surface area contributed by atoms with Crippen LogP contribution in [0.5, 0.6) is 0 Å². The second-order valence-electron chi connectivity index (χ2n) is 5.59. The van der Waals surface area contributed by atoms with E-state index in [1.807, 2.05) is 0 Å². The molecule has 0 aliphatic heterocycles. The Morgan fingerprint density at radius 2 is 2.27 bits per heavy atom. The molecule has 0 saturated heterocycles. The number of nitrogens with one attached hydrogen (secondary N) is 1. The molecule has 22 heavy (non-hydrogen) atoms. The third kappa shape index (κ3) is 3.73. The highest BCUT2D eigenvalue weighted by Crippen LogP contribution is 2.28. The first-order valence-electron chi connectivity index (χ1n) is 7.62. The molecule has 0 bridgehead atoms. The standard InChI is InChI=1S/C15H20N4O3/c20-14(16-7-3-9-22-11-12-5-6-12)10-19-15(21)18-8-2-1-4-13(18)17-19/h1-2,4,8,12H,3,5-7,9-11H2,(H,16,20). The predicted octanol–water partition coefficient (Wildman–Crippen LogP) is 0.429.